The molecule has 17 heavy (non-hydrogen) atoms. The van der Waals surface area contributed by atoms with E-state index in [1.165, 1.54) is 6.33 Å². The second-order valence-corrected chi connectivity index (χ2v) is 6.77. The largest absolute Gasteiger partial charge is 0.241 e. The van der Waals surface area contributed by atoms with Crippen LogP contribution in [0.2, 0.25) is 0 Å². The van der Waals surface area contributed by atoms with Gasteiger partial charge in [0.15, 0.2) is 14.9 Å². The van der Waals surface area contributed by atoms with Crippen LogP contribution in [0.25, 0.3) is 0 Å². The van der Waals surface area contributed by atoms with Crippen molar-refractivity contribution in [2.75, 3.05) is 11.6 Å². The Balaban J connectivity index is 3.03. The summed E-state index contributed by atoms with van der Waals surface area (Å²) in [6, 6.07) is 1.54. The van der Waals surface area contributed by atoms with Crippen LogP contribution in [0.3, 0.4) is 0 Å². The van der Waals surface area contributed by atoms with Crippen molar-refractivity contribution in [2.24, 2.45) is 5.92 Å². The summed E-state index contributed by atoms with van der Waals surface area (Å²) in [5.74, 6) is 0.434. The zero-order chi connectivity index (χ0) is 13.1. The van der Waals surface area contributed by atoms with E-state index in [0.29, 0.717) is 5.88 Å². The van der Waals surface area contributed by atoms with Gasteiger partial charge in [-0.05, 0) is 17.9 Å². The van der Waals surface area contributed by atoms with Gasteiger partial charge in [-0.1, -0.05) is 20.8 Å². The molecule has 1 atom stereocenters. The summed E-state index contributed by atoms with van der Waals surface area (Å²) < 4.78 is 24.1. The van der Waals surface area contributed by atoms with Crippen LogP contribution in [0.4, 0.5) is 0 Å². The molecule has 1 rings (SSSR count). The molecule has 0 aliphatic rings. The van der Waals surface area contributed by atoms with E-state index in [0.717, 1.165) is 5.69 Å². The average molecular weight is 277 g/mol. The molecule has 0 amide bonds. The van der Waals surface area contributed by atoms with E-state index in [4.69, 9.17) is 11.6 Å². The molecule has 0 aromatic carbocycles. The third-order valence-corrected chi connectivity index (χ3v) is 4.74. The number of rotatable bonds is 5. The molecule has 0 aliphatic carbocycles. The Morgan fingerprint density at radius 3 is 2.47 bits per heavy atom. The van der Waals surface area contributed by atoms with Crippen molar-refractivity contribution in [1.29, 1.82) is 0 Å². The van der Waals surface area contributed by atoms with E-state index in [1.807, 2.05) is 13.8 Å². The van der Waals surface area contributed by atoms with Crippen molar-refractivity contribution in [1.82, 2.24) is 9.97 Å². The van der Waals surface area contributed by atoms with Crippen LogP contribution in [0, 0.1) is 5.92 Å². The Labute approximate surface area is 107 Å². The first-order valence-electron chi connectivity index (χ1n) is 5.47. The molecule has 0 bridgehead atoms. The zero-order valence-electron chi connectivity index (χ0n) is 10.2. The lowest BCUT2D eigenvalue weighted by Gasteiger charge is -2.09. The smallest absolute Gasteiger partial charge is 0.196 e. The lowest BCUT2D eigenvalue weighted by atomic mass is 10.1. The fourth-order valence-electron chi connectivity index (χ4n) is 1.34. The maximum absolute atomic E-state index is 12.0. The molecular formula is C11H17ClN2O2S. The second kappa shape index (κ2) is 5.78. The predicted octanol–water partition coefficient (Wildman–Crippen LogP) is 2.25. The maximum Gasteiger partial charge on any atom is 0.196 e. The number of alkyl halides is 1. The minimum absolute atomic E-state index is 0.0189. The molecule has 0 fully saturated rings. The number of sulfone groups is 1. The molecule has 0 saturated carbocycles. The van der Waals surface area contributed by atoms with Crippen LogP contribution < -0.4 is 0 Å². The summed E-state index contributed by atoms with van der Waals surface area (Å²) in [6.45, 7) is 5.72. The van der Waals surface area contributed by atoms with Crippen LogP contribution in [0.5, 0.6) is 0 Å². The average Bonchev–Trinajstić information content (AvgIpc) is 2.28. The highest BCUT2D eigenvalue weighted by molar-refractivity contribution is 7.91. The molecule has 0 saturated heterocycles. The maximum atomic E-state index is 12.0. The van der Waals surface area contributed by atoms with Crippen molar-refractivity contribution in [3.63, 3.8) is 0 Å². The van der Waals surface area contributed by atoms with Crippen molar-refractivity contribution in [2.45, 2.75) is 31.7 Å². The van der Waals surface area contributed by atoms with Gasteiger partial charge < -0.3 is 0 Å². The predicted molar refractivity (Wildman–Crippen MR) is 68.1 cm³/mol. The molecule has 0 spiro atoms. The molecule has 6 heteroatoms. The van der Waals surface area contributed by atoms with Gasteiger partial charge in [0.2, 0.25) is 0 Å². The standard InChI is InChI=1S/C11H17ClN2O2S/c1-8(2)10-4-11(14-7-13-10)17(15,16)6-9(3)5-12/h4,7-9H,5-6H2,1-3H3. The highest BCUT2D eigenvalue weighted by Crippen LogP contribution is 2.17. The summed E-state index contributed by atoms with van der Waals surface area (Å²) >= 11 is 5.63. The van der Waals surface area contributed by atoms with Crippen LogP contribution in [-0.2, 0) is 9.84 Å². The van der Waals surface area contributed by atoms with Gasteiger partial charge in [0.1, 0.15) is 6.33 Å². The molecule has 1 aromatic rings. The SMILES string of the molecule is CC(CCl)CS(=O)(=O)c1cc(C(C)C)ncn1. The number of halogens is 1. The molecule has 0 aliphatic heterocycles. The molecule has 0 N–H and O–H groups in total. The van der Waals surface area contributed by atoms with E-state index in [9.17, 15) is 8.42 Å². The second-order valence-electron chi connectivity index (χ2n) is 4.48. The van der Waals surface area contributed by atoms with Crippen molar-refractivity contribution >= 4 is 21.4 Å². The zero-order valence-corrected chi connectivity index (χ0v) is 11.8. The van der Waals surface area contributed by atoms with E-state index in [-0.39, 0.29) is 22.6 Å². The van der Waals surface area contributed by atoms with Gasteiger partial charge in [0.25, 0.3) is 0 Å². The molecule has 96 valence electrons. The quantitative estimate of drug-likeness (QED) is 0.611. The van der Waals surface area contributed by atoms with Gasteiger partial charge in [0, 0.05) is 11.6 Å². The van der Waals surface area contributed by atoms with Gasteiger partial charge in [-0.15, -0.1) is 11.6 Å². The van der Waals surface area contributed by atoms with Gasteiger partial charge in [0.05, 0.1) is 5.75 Å². The fourth-order valence-corrected chi connectivity index (χ4v) is 3.13. The van der Waals surface area contributed by atoms with Crippen LogP contribution in [0.1, 0.15) is 32.4 Å². The molecule has 4 nitrogen and oxygen atoms in total. The lowest BCUT2D eigenvalue weighted by Crippen LogP contribution is -2.17. The lowest BCUT2D eigenvalue weighted by molar-refractivity contribution is 0.578. The first kappa shape index (κ1) is 14.4. The molecule has 1 heterocycles. The van der Waals surface area contributed by atoms with Crippen molar-refractivity contribution in [3.05, 3.63) is 18.1 Å². The normalized spacial score (nSPS) is 13.9. The number of hydrogen-bond acceptors (Lipinski definition) is 4. The number of aromatic nitrogens is 2. The monoisotopic (exact) mass is 276 g/mol. The van der Waals surface area contributed by atoms with Gasteiger partial charge in [-0.25, -0.2) is 18.4 Å². The summed E-state index contributed by atoms with van der Waals surface area (Å²) in [6.07, 6.45) is 1.30. The number of nitrogens with zero attached hydrogens (tertiary/aromatic N) is 2. The Morgan fingerprint density at radius 1 is 1.29 bits per heavy atom. The summed E-state index contributed by atoms with van der Waals surface area (Å²) in [5, 5.41) is 0.0909. The van der Waals surface area contributed by atoms with Crippen LogP contribution in [0.15, 0.2) is 17.4 Å². The van der Waals surface area contributed by atoms with Crippen molar-refractivity contribution < 1.29 is 8.42 Å². The molecule has 1 unspecified atom stereocenters. The fraction of sp³-hybridized carbons (Fsp3) is 0.636. The topological polar surface area (TPSA) is 59.9 Å². The van der Waals surface area contributed by atoms with E-state index < -0.39 is 9.84 Å². The van der Waals surface area contributed by atoms with E-state index >= 15 is 0 Å². The summed E-state index contributed by atoms with van der Waals surface area (Å²) in [7, 11) is -3.36. The first-order valence-corrected chi connectivity index (χ1v) is 7.66. The summed E-state index contributed by atoms with van der Waals surface area (Å²) in [4.78, 5) is 7.89. The van der Waals surface area contributed by atoms with Gasteiger partial charge in [-0.2, -0.15) is 0 Å². The van der Waals surface area contributed by atoms with Gasteiger partial charge >= 0.3 is 0 Å². The third kappa shape index (κ3) is 3.92. The highest BCUT2D eigenvalue weighted by atomic mass is 35.5. The molecular weight excluding hydrogens is 260 g/mol. The van der Waals surface area contributed by atoms with Crippen LogP contribution >= 0.6 is 11.6 Å². The minimum atomic E-state index is -3.36. The highest BCUT2D eigenvalue weighted by Gasteiger charge is 2.20. The van der Waals surface area contributed by atoms with Crippen LogP contribution in [-0.4, -0.2) is 30.0 Å². The van der Waals surface area contributed by atoms with Crippen molar-refractivity contribution in [3.8, 4) is 0 Å². The molecule has 0 radical (unpaired) electrons. The van der Waals surface area contributed by atoms with E-state index in [2.05, 4.69) is 9.97 Å². The third-order valence-electron chi connectivity index (χ3n) is 2.34. The Kier molecular flexibility index (Phi) is 4.89. The molecule has 1 aromatic heterocycles. The number of hydrogen-bond donors (Lipinski definition) is 0. The summed E-state index contributed by atoms with van der Waals surface area (Å²) in [5.41, 5.74) is 0.733. The minimum Gasteiger partial charge on any atom is -0.241 e. The van der Waals surface area contributed by atoms with Gasteiger partial charge in [-0.3, -0.25) is 0 Å². The first-order chi connectivity index (χ1) is 7.86. The van der Waals surface area contributed by atoms with E-state index in [1.54, 1.807) is 13.0 Å². The Hall–Kier alpha value is -0.680. The Morgan fingerprint density at radius 2 is 1.94 bits per heavy atom. The Bertz CT molecular complexity index is 474.